The van der Waals surface area contributed by atoms with Crippen LogP contribution in [0, 0.1) is 17.7 Å². The fourth-order valence-electron chi connectivity index (χ4n) is 4.06. The standard InChI is InChI=1S/C19H22BrFN2O2/c20-15-9-13-3-2-8-23(17(13)16(21)10-15)19(25)14-4-1-7-22(11-14)18(24)12-5-6-12/h9-10,12,14H,1-8,11H2/t14-/m0/s1. The predicted octanol–water partition coefficient (Wildman–Crippen LogP) is 3.52. The summed E-state index contributed by atoms with van der Waals surface area (Å²) in [7, 11) is 0. The first-order chi connectivity index (χ1) is 12.0. The summed E-state index contributed by atoms with van der Waals surface area (Å²) < 4.78 is 15.2. The summed E-state index contributed by atoms with van der Waals surface area (Å²) >= 11 is 3.33. The fraction of sp³-hybridized carbons (Fsp3) is 0.579. The number of piperidine rings is 1. The molecule has 1 saturated carbocycles. The second kappa shape index (κ2) is 6.71. The summed E-state index contributed by atoms with van der Waals surface area (Å²) in [5.74, 6) is -0.217. The molecule has 0 radical (unpaired) electrons. The first-order valence-corrected chi connectivity index (χ1v) is 9.92. The number of likely N-dealkylation sites (tertiary alicyclic amines) is 1. The van der Waals surface area contributed by atoms with Gasteiger partial charge in [-0.25, -0.2) is 4.39 Å². The minimum atomic E-state index is -0.348. The van der Waals surface area contributed by atoms with Crippen molar-refractivity contribution in [2.45, 2.75) is 38.5 Å². The first kappa shape index (κ1) is 17.0. The average molecular weight is 409 g/mol. The van der Waals surface area contributed by atoms with Gasteiger partial charge in [0.15, 0.2) is 0 Å². The Bertz CT molecular complexity index is 720. The van der Waals surface area contributed by atoms with E-state index in [4.69, 9.17) is 0 Å². The number of rotatable bonds is 2. The molecule has 25 heavy (non-hydrogen) atoms. The molecule has 2 heterocycles. The molecule has 2 fully saturated rings. The Morgan fingerprint density at radius 1 is 1.04 bits per heavy atom. The summed E-state index contributed by atoms with van der Waals surface area (Å²) in [6.45, 7) is 1.78. The molecule has 2 aliphatic heterocycles. The average Bonchev–Trinajstić information content (AvgIpc) is 3.45. The molecule has 134 valence electrons. The number of carbonyl (C=O) groups is 2. The minimum Gasteiger partial charge on any atom is -0.342 e. The van der Waals surface area contributed by atoms with Gasteiger partial charge in [0.2, 0.25) is 11.8 Å². The van der Waals surface area contributed by atoms with Gasteiger partial charge in [-0.15, -0.1) is 0 Å². The summed E-state index contributed by atoms with van der Waals surface area (Å²) in [5, 5.41) is 0. The van der Waals surface area contributed by atoms with Crippen LogP contribution in [-0.2, 0) is 16.0 Å². The van der Waals surface area contributed by atoms with Gasteiger partial charge in [-0.1, -0.05) is 15.9 Å². The van der Waals surface area contributed by atoms with E-state index in [1.807, 2.05) is 11.0 Å². The van der Waals surface area contributed by atoms with Gasteiger partial charge in [-0.3, -0.25) is 9.59 Å². The highest BCUT2D eigenvalue weighted by Gasteiger charge is 2.38. The number of fused-ring (bicyclic) bond motifs is 1. The van der Waals surface area contributed by atoms with Crippen LogP contribution in [0.3, 0.4) is 0 Å². The summed E-state index contributed by atoms with van der Waals surface area (Å²) in [6, 6.07) is 3.33. The SMILES string of the molecule is O=C(C1CC1)N1CCC[C@H](C(=O)N2CCCc3cc(Br)cc(F)c32)C1. The summed E-state index contributed by atoms with van der Waals surface area (Å²) in [4.78, 5) is 28.9. The molecule has 1 atom stereocenters. The van der Waals surface area contributed by atoms with Crippen LogP contribution in [0.4, 0.5) is 10.1 Å². The second-order valence-corrected chi connectivity index (χ2v) is 8.30. The maximum Gasteiger partial charge on any atom is 0.231 e. The largest absolute Gasteiger partial charge is 0.342 e. The molecule has 0 aromatic heterocycles. The molecule has 2 amide bonds. The molecular weight excluding hydrogens is 387 g/mol. The smallest absolute Gasteiger partial charge is 0.231 e. The van der Waals surface area contributed by atoms with E-state index in [-0.39, 0.29) is 29.5 Å². The van der Waals surface area contributed by atoms with E-state index < -0.39 is 0 Å². The van der Waals surface area contributed by atoms with E-state index in [2.05, 4.69) is 15.9 Å². The molecule has 0 N–H and O–H groups in total. The number of nitrogens with zero attached hydrogens (tertiary/aromatic N) is 2. The quantitative estimate of drug-likeness (QED) is 0.750. The lowest BCUT2D eigenvalue weighted by atomic mass is 9.93. The Morgan fingerprint density at radius 3 is 2.60 bits per heavy atom. The first-order valence-electron chi connectivity index (χ1n) is 9.12. The highest BCUT2D eigenvalue weighted by atomic mass is 79.9. The number of hydrogen-bond donors (Lipinski definition) is 0. The highest BCUT2D eigenvalue weighted by Crippen LogP contribution is 2.36. The van der Waals surface area contributed by atoms with Crippen molar-refractivity contribution >= 4 is 33.4 Å². The van der Waals surface area contributed by atoms with Gasteiger partial charge >= 0.3 is 0 Å². The van der Waals surface area contributed by atoms with Gasteiger partial charge in [-0.05, 0) is 56.2 Å². The molecule has 4 rings (SSSR count). The van der Waals surface area contributed by atoms with Crippen LogP contribution in [0.5, 0.6) is 0 Å². The van der Waals surface area contributed by atoms with Crippen LogP contribution < -0.4 is 4.90 Å². The number of anilines is 1. The molecule has 1 aromatic carbocycles. The Labute approximate surface area is 155 Å². The number of hydrogen-bond acceptors (Lipinski definition) is 2. The van der Waals surface area contributed by atoms with Gasteiger partial charge in [0, 0.05) is 30.0 Å². The molecule has 1 aromatic rings. The number of amides is 2. The maximum atomic E-state index is 14.5. The van der Waals surface area contributed by atoms with Crippen molar-refractivity contribution in [2.24, 2.45) is 11.8 Å². The van der Waals surface area contributed by atoms with Crippen molar-refractivity contribution in [1.29, 1.82) is 0 Å². The van der Waals surface area contributed by atoms with Gasteiger partial charge < -0.3 is 9.80 Å². The van der Waals surface area contributed by atoms with Gasteiger partial charge in [0.25, 0.3) is 0 Å². The molecule has 0 spiro atoms. The molecule has 4 nitrogen and oxygen atoms in total. The second-order valence-electron chi connectivity index (χ2n) is 7.39. The van der Waals surface area contributed by atoms with Crippen LogP contribution in [0.15, 0.2) is 16.6 Å². The van der Waals surface area contributed by atoms with Gasteiger partial charge in [0.05, 0.1) is 11.6 Å². The molecule has 0 unspecified atom stereocenters. The van der Waals surface area contributed by atoms with Crippen molar-refractivity contribution < 1.29 is 14.0 Å². The van der Waals surface area contributed by atoms with Crippen LogP contribution in [0.25, 0.3) is 0 Å². The third-order valence-corrected chi connectivity index (χ3v) is 5.94. The Hall–Kier alpha value is -1.43. The normalized spacial score (nSPS) is 23.4. The lowest BCUT2D eigenvalue weighted by Crippen LogP contribution is -2.48. The summed E-state index contributed by atoms with van der Waals surface area (Å²) in [5.41, 5.74) is 1.32. The monoisotopic (exact) mass is 408 g/mol. The number of aryl methyl sites for hydroxylation is 1. The van der Waals surface area contributed by atoms with E-state index in [1.54, 1.807) is 4.90 Å². The predicted molar refractivity (Wildman–Crippen MR) is 96.8 cm³/mol. The van der Waals surface area contributed by atoms with Crippen molar-refractivity contribution in [1.82, 2.24) is 4.90 Å². The fourth-order valence-corrected chi connectivity index (χ4v) is 4.54. The topological polar surface area (TPSA) is 40.6 Å². The number of halogens is 2. The number of benzene rings is 1. The lowest BCUT2D eigenvalue weighted by Gasteiger charge is -2.37. The van der Waals surface area contributed by atoms with Gasteiger partial charge in [0.1, 0.15) is 5.82 Å². The van der Waals surface area contributed by atoms with Crippen molar-refractivity contribution in [2.75, 3.05) is 24.5 Å². The zero-order valence-electron chi connectivity index (χ0n) is 14.1. The van der Waals surface area contributed by atoms with Crippen molar-refractivity contribution in [3.05, 3.63) is 28.0 Å². The molecule has 0 bridgehead atoms. The van der Waals surface area contributed by atoms with E-state index in [9.17, 15) is 14.0 Å². The Morgan fingerprint density at radius 2 is 1.84 bits per heavy atom. The molecular formula is C19H22BrFN2O2. The van der Waals surface area contributed by atoms with E-state index in [0.717, 1.165) is 50.6 Å². The third kappa shape index (κ3) is 3.33. The van der Waals surface area contributed by atoms with Crippen molar-refractivity contribution in [3.8, 4) is 0 Å². The lowest BCUT2D eigenvalue weighted by molar-refractivity contribution is -0.136. The van der Waals surface area contributed by atoms with Crippen LogP contribution >= 0.6 is 15.9 Å². The Balaban J connectivity index is 1.54. The van der Waals surface area contributed by atoms with E-state index in [1.165, 1.54) is 6.07 Å². The third-order valence-electron chi connectivity index (χ3n) is 5.48. The Kier molecular flexibility index (Phi) is 4.56. The maximum absolute atomic E-state index is 14.5. The minimum absolute atomic E-state index is 0.0320. The van der Waals surface area contributed by atoms with Crippen molar-refractivity contribution in [3.63, 3.8) is 0 Å². The van der Waals surface area contributed by atoms with Crippen LogP contribution in [0.2, 0.25) is 0 Å². The molecule has 6 heteroatoms. The number of carbonyl (C=O) groups excluding carboxylic acids is 2. The zero-order valence-corrected chi connectivity index (χ0v) is 15.7. The van der Waals surface area contributed by atoms with Crippen LogP contribution in [0.1, 0.15) is 37.7 Å². The summed E-state index contributed by atoms with van der Waals surface area (Å²) in [6.07, 6.45) is 5.20. The van der Waals surface area contributed by atoms with Gasteiger partial charge in [-0.2, -0.15) is 0 Å². The van der Waals surface area contributed by atoms with E-state index >= 15 is 0 Å². The molecule has 1 aliphatic carbocycles. The highest BCUT2D eigenvalue weighted by molar-refractivity contribution is 9.10. The molecule has 3 aliphatic rings. The molecule has 1 saturated heterocycles. The van der Waals surface area contributed by atoms with Crippen LogP contribution in [-0.4, -0.2) is 36.3 Å². The zero-order chi connectivity index (χ0) is 17.6. The van der Waals surface area contributed by atoms with E-state index in [0.29, 0.717) is 23.2 Å².